The monoisotopic (exact) mass is 428 g/mol. The van der Waals surface area contributed by atoms with Gasteiger partial charge in [0, 0.05) is 47.1 Å². The summed E-state index contributed by atoms with van der Waals surface area (Å²) in [5.74, 6) is 1.22. The van der Waals surface area contributed by atoms with Gasteiger partial charge in [-0.2, -0.15) is 4.98 Å². The Kier molecular flexibility index (Phi) is 3.88. The van der Waals surface area contributed by atoms with Crippen LogP contribution in [0.15, 0.2) is 48.8 Å². The van der Waals surface area contributed by atoms with Crippen molar-refractivity contribution in [3.8, 4) is 0 Å². The largest absolute Gasteiger partial charge is 0.399 e. The second kappa shape index (κ2) is 6.57. The van der Waals surface area contributed by atoms with Crippen molar-refractivity contribution in [1.82, 2.24) is 19.6 Å². The van der Waals surface area contributed by atoms with Gasteiger partial charge in [0.1, 0.15) is 6.23 Å². The van der Waals surface area contributed by atoms with Crippen LogP contribution in [-0.4, -0.2) is 37.5 Å². The minimum absolute atomic E-state index is 0.342. The average molecular weight is 429 g/mol. The molecular formula is C23H24N8O. The van der Waals surface area contributed by atoms with E-state index in [-0.39, 0.29) is 5.41 Å². The number of benzene rings is 2. The zero-order valence-corrected chi connectivity index (χ0v) is 17.9. The van der Waals surface area contributed by atoms with Gasteiger partial charge in [0.25, 0.3) is 0 Å². The number of aromatic nitrogens is 4. The molecular weight excluding hydrogens is 404 g/mol. The van der Waals surface area contributed by atoms with E-state index in [4.69, 9.17) is 10.7 Å². The fourth-order valence-corrected chi connectivity index (χ4v) is 4.57. The molecule has 6 rings (SSSR count). The first-order valence-electron chi connectivity index (χ1n) is 10.6. The van der Waals surface area contributed by atoms with Crippen molar-refractivity contribution in [3.63, 3.8) is 0 Å². The third-order valence-electron chi connectivity index (χ3n) is 6.44. The summed E-state index contributed by atoms with van der Waals surface area (Å²) in [6.07, 6.45) is 3.83. The van der Waals surface area contributed by atoms with Crippen molar-refractivity contribution in [2.75, 3.05) is 27.8 Å². The van der Waals surface area contributed by atoms with Crippen LogP contribution in [0.25, 0.3) is 5.65 Å². The lowest BCUT2D eigenvalue weighted by Gasteiger charge is -2.22. The summed E-state index contributed by atoms with van der Waals surface area (Å²) in [5, 5.41) is 21.3. The smallest absolute Gasteiger partial charge is 0.247 e. The topological polar surface area (TPSA) is 117 Å². The number of fused-ring (bicyclic) bond motifs is 3. The number of aliphatic hydroxyl groups excluding tert-OH is 1. The van der Waals surface area contributed by atoms with E-state index in [2.05, 4.69) is 31.7 Å². The number of nitrogen functional groups attached to an aromatic ring is 1. The van der Waals surface area contributed by atoms with Crippen molar-refractivity contribution < 1.29 is 5.11 Å². The maximum Gasteiger partial charge on any atom is 0.247 e. The summed E-state index contributed by atoms with van der Waals surface area (Å²) in [6, 6.07) is 12.0. The van der Waals surface area contributed by atoms with E-state index in [1.807, 2.05) is 44.2 Å². The first-order chi connectivity index (χ1) is 15.4. The molecule has 5 N–H and O–H groups in total. The first-order valence-corrected chi connectivity index (χ1v) is 10.6. The average Bonchev–Trinajstić information content (AvgIpc) is 3.42. The van der Waals surface area contributed by atoms with Gasteiger partial charge in [-0.3, -0.25) is 0 Å². The van der Waals surface area contributed by atoms with Gasteiger partial charge in [-0.1, -0.05) is 26.0 Å². The van der Waals surface area contributed by atoms with Gasteiger partial charge >= 0.3 is 0 Å². The van der Waals surface area contributed by atoms with Crippen LogP contribution in [0.4, 0.5) is 34.5 Å². The highest BCUT2D eigenvalue weighted by atomic mass is 16.3. The quantitative estimate of drug-likeness (QED) is 0.368. The van der Waals surface area contributed by atoms with Gasteiger partial charge < -0.3 is 26.4 Å². The Bertz CT molecular complexity index is 1360. The molecule has 1 unspecified atom stereocenters. The molecule has 1 atom stereocenters. The molecule has 4 heterocycles. The molecule has 32 heavy (non-hydrogen) atoms. The Morgan fingerprint density at radius 2 is 2.09 bits per heavy atom. The number of nitrogens with one attached hydrogen (secondary N) is 2. The fourth-order valence-electron chi connectivity index (χ4n) is 4.57. The van der Waals surface area contributed by atoms with Crippen LogP contribution < -0.4 is 21.3 Å². The third kappa shape index (κ3) is 2.78. The van der Waals surface area contributed by atoms with Crippen LogP contribution in [0.2, 0.25) is 0 Å². The Hall–Kier alpha value is -3.85. The summed E-state index contributed by atoms with van der Waals surface area (Å²) < 4.78 is 1.73. The molecule has 0 fully saturated rings. The Balaban J connectivity index is 1.34. The van der Waals surface area contributed by atoms with Crippen molar-refractivity contribution in [2.24, 2.45) is 0 Å². The highest BCUT2D eigenvalue weighted by molar-refractivity contribution is 5.78. The van der Waals surface area contributed by atoms with Crippen LogP contribution in [0, 0.1) is 0 Å². The van der Waals surface area contributed by atoms with Crippen LogP contribution in [-0.2, 0) is 11.8 Å². The van der Waals surface area contributed by atoms with Gasteiger partial charge in [0.15, 0.2) is 5.82 Å². The molecule has 0 aliphatic carbocycles. The molecule has 2 aliphatic heterocycles. The molecule has 9 nitrogen and oxygen atoms in total. The molecule has 2 aliphatic rings. The highest BCUT2D eigenvalue weighted by Crippen LogP contribution is 2.41. The van der Waals surface area contributed by atoms with Gasteiger partial charge in [-0.05, 0) is 41.8 Å². The normalized spacial score (nSPS) is 18.5. The maximum atomic E-state index is 10.3. The molecule has 2 aromatic carbocycles. The lowest BCUT2D eigenvalue weighted by atomic mass is 9.85. The number of nitrogens with zero attached hydrogens (tertiary/aromatic N) is 5. The molecule has 0 amide bonds. The van der Waals surface area contributed by atoms with E-state index in [9.17, 15) is 5.11 Å². The van der Waals surface area contributed by atoms with Crippen LogP contribution in [0.3, 0.4) is 0 Å². The van der Waals surface area contributed by atoms with Crippen molar-refractivity contribution in [2.45, 2.75) is 31.9 Å². The highest BCUT2D eigenvalue weighted by Gasteiger charge is 2.38. The molecule has 0 radical (unpaired) electrons. The molecule has 162 valence electrons. The van der Waals surface area contributed by atoms with E-state index in [0.717, 1.165) is 47.1 Å². The van der Waals surface area contributed by atoms with Gasteiger partial charge in [-0.15, -0.1) is 5.10 Å². The van der Waals surface area contributed by atoms with E-state index in [1.165, 1.54) is 5.56 Å². The summed E-state index contributed by atoms with van der Waals surface area (Å²) in [4.78, 5) is 11.5. The van der Waals surface area contributed by atoms with Crippen LogP contribution in [0.5, 0.6) is 0 Å². The van der Waals surface area contributed by atoms with E-state index in [0.29, 0.717) is 11.6 Å². The molecule has 0 spiro atoms. The zero-order chi connectivity index (χ0) is 22.0. The standard InChI is InChI=1S/C23H24N8O/c1-23(2)16-6-5-15(12-17(16)27-21(23)32)26-22-28-20-19(25-8-10-31(20)29-22)30-9-7-13-3-4-14(24)11-18(13)30/h3-6,8,10-12,21,27,32H,7,9,24H2,1-2H3,(H,26,29). The third-order valence-corrected chi connectivity index (χ3v) is 6.44. The van der Waals surface area contributed by atoms with Crippen molar-refractivity contribution in [3.05, 3.63) is 59.9 Å². The lowest BCUT2D eigenvalue weighted by molar-refractivity contribution is 0.137. The van der Waals surface area contributed by atoms with E-state index >= 15 is 0 Å². The van der Waals surface area contributed by atoms with Crippen molar-refractivity contribution in [1.29, 1.82) is 0 Å². The zero-order valence-electron chi connectivity index (χ0n) is 17.9. The minimum Gasteiger partial charge on any atom is -0.399 e. The number of anilines is 6. The lowest BCUT2D eigenvalue weighted by Crippen LogP contribution is -2.32. The second-order valence-corrected chi connectivity index (χ2v) is 8.90. The minimum atomic E-state index is -0.618. The molecule has 0 bridgehead atoms. The summed E-state index contributed by atoms with van der Waals surface area (Å²) in [6.45, 7) is 4.85. The Labute approximate surface area is 184 Å². The predicted octanol–water partition coefficient (Wildman–Crippen LogP) is 3.17. The maximum absolute atomic E-state index is 10.3. The molecule has 2 aromatic heterocycles. The van der Waals surface area contributed by atoms with Gasteiger partial charge in [0.05, 0.1) is 0 Å². The van der Waals surface area contributed by atoms with Crippen molar-refractivity contribution >= 4 is 40.2 Å². The molecule has 9 heteroatoms. The fraction of sp³-hybridized carbons (Fsp3) is 0.261. The predicted molar refractivity (Wildman–Crippen MR) is 125 cm³/mol. The summed E-state index contributed by atoms with van der Waals surface area (Å²) in [7, 11) is 0. The van der Waals surface area contributed by atoms with E-state index < -0.39 is 6.23 Å². The molecule has 0 saturated heterocycles. The number of rotatable bonds is 3. The Morgan fingerprint density at radius 3 is 2.97 bits per heavy atom. The van der Waals surface area contributed by atoms with E-state index in [1.54, 1.807) is 16.9 Å². The second-order valence-electron chi connectivity index (χ2n) is 8.90. The number of aliphatic hydroxyl groups is 1. The Morgan fingerprint density at radius 1 is 1.22 bits per heavy atom. The van der Waals surface area contributed by atoms with Gasteiger partial charge in [-0.25, -0.2) is 9.50 Å². The molecule has 4 aromatic rings. The number of nitrogens with two attached hydrogens (primary N) is 1. The number of hydrogen-bond donors (Lipinski definition) is 4. The summed E-state index contributed by atoms with van der Waals surface area (Å²) >= 11 is 0. The number of hydrogen-bond acceptors (Lipinski definition) is 8. The van der Waals surface area contributed by atoms with Crippen LogP contribution in [0.1, 0.15) is 25.0 Å². The van der Waals surface area contributed by atoms with Crippen LogP contribution >= 0.6 is 0 Å². The molecule has 0 saturated carbocycles. The summed E-state index contributed by atoms with van der Waals surface area (Å²) in [5.41, 5.74) is 12.2. The first kappa shape index (κ1) is 18.9. The van der Waals surface area contributed by atoms with Gasteiger partial charge in [0.2, 0.25) is 11.6 Å². The SMILES string of the molecule is CC1(C)c2ccc(Nc3nc4c(N5CCc6ccc(N)cc65)nccn4n3)cc2NC1O.